The SMILES string of the molecule is CC=CC=CC=CCCCCCC.Cl. The molecule has 0 aliphatic rings. The highest BCUT2D eigenvalue weighted by atomic mass is 35.5. The summed E-state index contributed by atoms with van der Waals surface area (Å²) in [7, 11) is 0. The molecule has 0 heterocycles. The largest absolute Gasteiger partial charge is 0.147 e. The first-order valence-corrected chi connectivity index (χ1v) is 5.36. The molecule has 0 saturated carbocycles. The molecule has 0 rings (SSSR count). The summed E-state index contributed by atoms with van der Waals surface area (Å²) in [4.78, 5) is 0. The lowest BCUT2D eigenvalue weighted by Crippen LogP contribution is -1.72. The van der Waals surface area contributed by atoms with Crippen LogP contribution in [0.25, 0.3) is 0 Å². The van der Waals surface area contributed by atoms with Crippen molar-refractivity contribution in [2.75, 3.05) is 0 Å². The highest BCUT2D eigenvalue weighted by molar-refractivity contribution is 5.85. The van der Waals surface area contributed by atoms with Crippen LogP contribution in [0.3, 0.4) is 0 Å². The van der Waals surface area contributed by atoms with E-state index < -0.39 is 0 Å². The number of allylic oxidation sites excluding steroid dienone is 6. The first-order chi connectivity index (χ1) is 6.41. The summed E-state index contributed by atoms with van der Waals surface area (Å²) in [5, 5.41) is 0. The minimum atomic E-state index is 0. The van der Waals surface area contributed by atoms with Crippen molar-refractivity contribution in [3.63, 3.8) is 0 Å². The predicted octanol–water partition coefficient (Wildman–Crippen LogP) is 5.07. The normalized spacial score (nSPS) is 11.6. The average Bonchev–Trinajstić information content (AvgIpc) is 2.16. The third-order valence-electron chi connectivity index (χ3n) is 1.89. The highest BCUT2D eigenvalue weighted by Crippen LogP contribution is 2.02. The Morgan fingerprint density at radius 3 is 2.21 bits per heavy atom. The summed E-state index contributed by atoms with van der Waals surface area (Å²) >= 11 is 0. The maximum atomic E-state index is 2.25. The van der Waals surface area contributed by atoms with Gasteiger partial charge in [0.1, 0.15) is 0 Å². The van der Waals surface area contributed by atoms with E-state index in [2.05, 4.69) is 31.2 Å². The quantitative estimate of drug-likeness (QED) is 0.410. The predicted molar refractivity (Wildman–Crippen MR) is 69.1 cm³/mol. The van der Waals surface area contributed by atoms with Gasteiger partial charge in [0.2, 0.25) is 0 Å². The third-order valence-corrected chi connectivity index (χ3v) is 1.89. The Hall–Kier alpha value is -0.490. The van der Waals surface area contributed by atoms with E-state index in [0.717, 1.165) is 0 Å². The molecule has 0 aromatic heterocycles. The fraction of sp³-hybridized carbons (Fsp3) is 0.538. The molecule has 0 aliphatic heterocycles. The molecular formula is C13H23Cl. The van der Waals surface area contributed by atoms with Gasteiger partial charge in [0.25, 0.3) is 0 Å². The second-order valence-corrected chi connectivity index (χ2v) is 3.19. The lowest BCUT2D eigenvalue weighted by molar-refractivity contribution is 0.674. The summed E-state index contributed by atoms with van der Waals surface area (Å²) in [6, 6.07) is 0. The smallest absolute Gasteiger partial charge is 0.0348 e. The number of hydrogen-bond donors (Lipinski definition) is 0. The van der Waals surface area contributed by atoms with Gasteiger partial charge in [-0.1, -0.05) is 62.6 Å². The molecule has 1 heteroatoms. The average molecular weight is 215 g/mol. The van der Waals surface area contributed by atoms with E-state index in [1.54, 1.807) is 0 Å². The number of unbranched alkanes of at least 4 members (excludes halogenated alkanes) is 4. The van der Waals surface area contributed by atoms with Gasteiger partial charge in [-0.15, -0.1) is 12.4 Å². The van der Waals surface area contributed by atoms with Crippen LogP contribution in [0.1, 0.15) is 46.0 Å². The molecule has 0 radical (unpaired) electrons. The zero-order valence-electron chi connectivity index (χ0n) is 9.41. The molecule has 0 aliphatic carbocycles. The maximum absolute atomic E-state index is 2.25. The van der Waals surface area contributed by atoms with Crippen molar-refractivity contribution in [3.05, 3.63) is 36.5 Å². The summed E-state index contributed by atoms with van der Waals surface area (Å²) in [6.45, 7) is 4.27. The van der Waals surface area contributed by atoms with Crippen molar-refractivity contribution in [1.82, 2.24) is 0 Å². The molecular weight excluding hydrogens is 192 g/mol. The standard InChI is InChI=1S/C13H22.ClH/c1-3-5-7-9-11-13-12-10-8-6-4-2;/h3,5,7,9,11,13H,4,6,8,10,12H2,1-2H3;1H. The second-order valence-electron chi connectivity index (χ2n) is 3.19. The van der Waals surface area contributed by atoms with E-state index in [-0.39, 0.29) is 12.4 Å². The second kappa shape index (κ2) is 15.0. The van der Waals surface area contributed by atoms with Crippen molar-refractivity contribution in [1.29, 1.82) is 0 Å². The molecule has 0 atom stereocenters. The van der Waals surface area contributed by atoms with Gasteiger partial charge in [-0.05, 0) is 19.8 Å². The van der Waals surface area contributed by atoms with Crippen LogP contribution in [0.4, 0.5) is 0 Å². The lowest BCUT2D eigenvalue weighted by Gasteiger charge is -1.92. The molecule has 0 spiro atoms. The Kier molecular flexibility index (Phi) is 17.1. The Bertz CT molecular complexity index is 166. The molecule has 14 heavy (non-hydrogen) atoms. The van der Waals surface area contributed by atoms with Crippen LogP contribution in [0.5, 0.6) is 0 Å². The molecule has 82 valence electrons. The van der Waals surface area contributed by atoms with Crippen LogP contribution in [-0.4, -0.2) is 0 Å². The molecule has 0 unspecified atom stereocenters. The first-order valence-electron chi connectivity index (χ1n) is 5.36. The van der Waals surface area contributed by atoms with Gasteiger partial charge in [0.05, 0.1) is 0 Å². The van der Waals surface area contributed by atoms with E-state index in [0.29, 0.717) is 0 Å². The van der Waals surface area contributed by atoms with Crippen molar-refractivity contribution in [3.8, 4) is 0 Å². The Balaban J connectivity index is 0. The molecule has 0 N–H and O–H groups in total. The van der Waals surface area contributed by atoms with Gasteiger partial charge < -0.3 is 0 Å². The van der Waals surface area contributed by atoms with Crippen LogP contribution >= 0.6 is 12.4 Å². The van der Waals surface area contributed by atoms with E-state index in [1.807, 2.05) is 19.1 Å². The number of rotatable bonds is 7. The van der Waals surface area contributed by atoms with Crippen LogP contribution < -0.4 is 0 Å². The van der Waals surface area contributed by atoms with Gasteiger partial charge in [-0.3, -0.25) is 0 Å². The molecule has 0 amide bonds. The Labute approximate surface area is 95.2 Å². The van der Waals surface area contributed by atoms with Crippen LogP contribution in [0.2, 0.25) is 0 Å². The number of halogens is 1. The third kappa shape index (κ3) is 14.1. The Morgan fingerprint density at radius 1 is 0.857 bits per heavy atom. The molecule has 0 aromatic carbocycles. The Morgan fingerprint density at radius 2 is 1.57 bits per heavy atom. The number of hydrogen-bond acceptors (Lipinski definition) is 0. The molecule has 0 bridgehead atoms. The van der Waals surface area contributed by atoms with Crippen molar-refractivity contribution in [2.24, 2.45) is 0 Å². The van der Waals surface area contributed by atoms with Crippen LogP contribution in [0, 0.1) is 0 Å². The monoisotopic (exact) mass is 214 g/mol. The minimum Gasteiger partial charge on any atom is -0.147 e. The first kappa shape index (κ1) is 16.0. The molecule has 0 fully saturated rings. The van der Waals surface area contributed by atoms with Crippen molar-refractivity contribution >= 4 is 12.4 Å². The van der Waals surface area contributed by atoms with E-state index >= 15 is 0 Å². The summed E-state index contributed by atoms with van der Waals surface area (Å²) in [6.07, 6.45) is 19.2. The topological polar surface area (TPSA) is 0 Å². The maximum Gasteiger partial charge on any atom is -0.0348 e. The van der Waals surface area contributed by atoms with E-state index in [9.17, 15) is 0 Å². The van der Waals surface area contributed by atoms with Crippen molar-refractivity contribution in [2.45, 2.75) is 46.0 Å². The fourth-order valence-electron chi connectivity index (χ4n) is 1.10. The van der Waals surface area contributed by atoms with Crippen molar-refractivity contribution < 1.29 is 0 Å². The van der Waals surface area contributed by atoms with Gasteiger partial charge in [-0.25, -0.2) is 0 Å². The molecule has 0 aromatic rings. The van der Waals surface area contributed by atoms with Gasteiger partial charge in [0.15, 0.2) is 0 Å². The highest BCUT2D eigenvalue weighted by Gasteiger charge is 1.82. The van der Waals surface area contributed by atoms with Crippen LogP contribution in [0.15, 0.2) is 36.5 Å². The fourth-order valence-corrected chi connectivity index (χ4v) is 1.10. The zero-order chi connectivity index (χ0) is 9.78. The van der Waals surface area contributed by atoms with Gasteiger partial charge >= 0.3 is 0 Å². The van der Waals surface area contributed by atoms with Gasteiger partial charge in [-0.2, -0.15) is 0 Å². The summed E-state index contributed by atoms with van der Waals surface area (Å²) < 4.78 is 0. The summed E-state index contributed by atoms with van der Waals surface area (Å²) in [5.74, 6) is 0. The molecule has 0 nitrogen and oxygen atoms in total. The zero-order valence-corrected chi connectivity index (χ0v) is 10.2. The summed E-state index contributed by atoms with van der Waals surface area (Å²) in [5.41, 5.74) is 0. The minimum absolute atomic E-state index is 0. The lowest BCUT2D eigenvalue weighted by atomic mass is 10.1. The van der Waals surface area contributed by atoms with Crippen LogP contribution in [-0.2, 0) is 0 Å². The molecule has 0 saturated heterocycles. The van der Waals surface area contributed by atoms with E-state index in [4.69, 9.17) is 0 Å². The van der Waals surface area contributed by atoms with Gasteiger partial charge in [0, 0.05) is 0 Å². The van der Waals surface area contributed by atoms with E-state index in [1.165, 1.54) is 32.1 Å².